The maximum absolute atomic E-state index is 5.76. The molecule has 0 aliphatic heterocycles. The van der Waals surface area contributed by atoms with E-state index in [2.05, 4.69) is 14.9 Å². The maximum Gasteiger partial charge on any atom is 0.121 e. The van der Waals surface area contributed by atoms with E-state index >= 15 is 0 Å². The van der Waals surface area contributed by atoms with E-state index in [1.54, 1.807) is 0 Å². The zero-order valence-electron chi connectivity index (χ0n) is 9.50. The summed E-state index contributed by atoms with van der Waals surface area (Å²) in [7, 11) is 0. The third-order valence-corrected chi connectivity index (χ3v) is 2.95. The van der Waals surface area contributed by atoms with Crippen LogP contribution >= 0.6 is 23.2 Å². The van der Waals surface area contributed by atoms with Crippen molar-refractivity contribution in [2.75, 3.05) is 24.8 Å². The number of rotatable bonds is 6. The molecule has 92 valence electrons. The molecule has 0 fully saturated rings. The molecule has 2 rings (SSSR count). The summed E-state index contributed by atoms with van der Waals surface area (Å²) in [5.74, 6) is 2.18. The van der Waals surface area contributed by atoms with Crippen LogP contribution in [0.5, 0.6) is 0 Å². The third kappa shape index (κ3) is 3.35. The highest BCUT2D eigenvalue weighted by Gasteiger charge is 2.08. The summed E-state index contributed by atoms with van der Waals surface area (Å²) >= 11 is 11.5. The SMILES string of the molecule is ClCCN(CCCl)Cc1nc2ccccc2[nH]1. The lowest BCUT2D eigenvalue weighted by atomic mass is 10.3. The molecular formula is C12H15Cl2N3. The number of imidazole rings is 1. The maximum atomic E-state index is 5.76. The smallest absolute Gasteiger partial charge is 0.121 e. The summed E-state index contributed by atoms with van der Waals surface area (Å²) in [6.07, 6.45) is 0. The first-order valence-corrected chi connectivity index (χ1v) is 6.68. The highest BCUT2D eigenvalue weighted by Crippen LogP contribution is 2.11. The number of H-pyrrole nitrogens is 1. The first-order chi connectivity index (χ1) is 8.33. The molecule has 0 spiro atoms. The Hall–Kier alpha value is -0.770. The number of aromatic amines is 1. The molecule has 2 aromatic rings. The van der Waals surface area contributed by atoms with Gasteiger partial charge in [0, 0.05) is 24.8 Å². The van der Waals surface area contributed by atoms with Gasteiger partial charge in [0.1, 0.15) is 5.82 Å². The predicted octanol–water partition coefficient (Wildman–Crippen LogP) is 2.84. The first kappa shape index (κ1) is 12.7. The van der Waals surface area contributed by atoms with Gasteiger partial charge in [-0.15, -0.1) is 23.2 Å². The van der Waals surface area contributed by atoms with E-state index in [4.69, 9.17) is 23.2 Å². The van der Waals surface area contributed by atoms with E-state index in [1.165, 1.54) is 0 Å². The minimum Gasteiger partial charge on any atom is -0.341 e. The number of alkyl halides is 2. The monoisotopic (exact) mass is 271 g/mol. The van der Waals surface area contributed by atoms with E-state index in [0.29, 0.717) is 11.8 Å². The summed E-state index contributed by atoms with van der Waals surface area (Å²) in [6, 6.07) is 8.02. The second-order valence-corrected chi connectivity index (χ2v) is 4.61. The van der Waals surface area contributed by atoms with Crippen LogP contribution < -0.4 is 0 Å². The molecule has 1 aromatic heterocycles. The van der Waals surface area contributed by atoms with Crippen molar-refractivity contribution in [2.45, 2.75) is 6.54 Å². The number of para-hydroxylation sites is 2. The molecule has 0 amide bonds. The van der Waals surface area contributed by atoms with Crippen molar-refractivity contribution in [3.63, 3.8) is 0 Å². The summed E-state index contributed by atoms with van der Waals surface area (Å²) in [6.45, 7) is 2.41. The van der Waals surface area contributed by atoms with Crippen LogP contribution in [0.15, 0.2) is 24.3 Å². The number of nitrogens with zero attached hydrogens (tertiary/aromatic N) is 2. The van der Waals surface area contributed by atoms with Gasteiger partial charge in [-0.05, 0) is 12.1 Å². The first-order valence-electron chi connectivity index (χ1n) is 5.61. The zero-order chi connectivity index (χ0) is 12.1. The molecule has 0 radical (unpaired) electrons. The zero-order valence-corrected chi connectivity index (χ0v) is 11.0. The molecule has 5 heteroatoms. The quantitative estimate of drug-likeness (QED) is 0.820. The average Bonchev–Trinajstić information content (AvgIpc) is 2.71. The fraction of sp³-hybridized carbons (Fsp3) is 0.417. The lowest BCUT2D eigenvalue weighted by Gasteiger charge is -2.18. The highest BCUT2D eigenvalue weighted by molar-refractivity contribution is 6.18. The number of nitrogens with one attached hydrogen (secondary N) is 1. The van der Waals surface area contributed by atoms with E-state index in [1.807, 2.05) is 24.3 Å². The Morgan fingerprint density at radius 3 is 2.47 bits per heavy atom. The Balaban J connectivity index is 2.10. The molecule has 0 saturated heterocycles. The number of hydrogen-bond donors (Lipinski definition) is 1. The normalized spacial score (nSPS) is 11.5. The molecular weight excluding hydrogens is 257 g/mol. The van der Waals surface area contributed by atoms with Crippen molar-refractivity contribution in [1.29, 1.82) is 0 Å². The Morgan fingerprint density at radius 1 is 1.12 bits per heavy atom. The molecule has 0 unspecified atom stereocenters. The van der Waals surface area contributed by atoms with Crippen LogP contribution in [0, 0.1) is 0 Å². The molecule has 3 nitrogen and oxygen atoms in total. The van der Waals surface area contributed by atoms with Crippen LogP contribution in [0.1, 0.15) is 5.82 Å². The van der Waals surface area contributed by atoms with Crippen LogP contribution in [0.25, 0.3) is 11.0 Å². The van der Waals surface area contributed by atoms with Gasteiger partial charge in [0.25, 0.3) is 0 Å². The minimum absolute atomic E-state index is 0.608. The summed E-state index contributed by atoms with van der Waals surface area (Å²) in [5, 5.41) is 0. The van der Waals surface area contributed by atoms with Gasteiger partial charge in [-0.2, -0.15) is 0 Å². The van der Waals surface area contributed by atoms with Crippen LogP contribution in [0.2, 0.25) is 0 Å². The number of aromatic nitrogens is 2. The number of fused-ring (bicyclic) bond motifs is 1. The highest BCUT2D eigenvalue weighted by atomic mass is 35.5. The van der Waals surface area contributed by atoms with Gasteiger partial charge in [0.15, 0.2) is 0 Å². The van der Waals surface area contributed by atoms with Crippen LogP contribution in [-0.2, 0) is 6.54 Å². The van der Waals surface area contributed by atoms with Gasteiger partial charge in [-0.1, -0.05) is 12.1 Å². The molecule has 0 saturated carbocycles. The Morgan fingerprint density at radius 2 is 1.82 bits per heavy atom. The standard InChI is InChI=1S/C12H15Cl2N3/c13-5-7-17(8-6-14)9-12-15-10-3-1-2-4-11(10)16-12/h1-4H,5-9H2,(H,15,16). The second kappa shape index (κ2) is 6.24. The number of halogens is 2. The largest absolute Gasteiger partial charge is 0.341 e. The van der Waals surface area contributed by atoms with E-state index in [-0.39, 0.29) is 0 Å². The van der Waals surface area contributed by atoms with Gasteiger partial charge in [-0.3, -0.25) is 4.90 Å². The van der Waals surface area contributed by atoms with E-state index in [9.17, 15) is 0 Å². The fourth-order valence-electron chi connectivity index (χ4n) is 1.80. The lowest BCUT2D eigenvalue weighted by Crippen LogP contribution is -2.27. The Kier molecular flexibility index (Phi) is 4.66. The van der Waals surface area contributed by atoms with Gasteiger partial charge in [-0.25, -0.2) is 4.98 Å². The second-order valence-electron chi connectivity index (χ2n) is 3.85. The van der Waals surface area contributed by atoms with Crippen molar-refractivity contribution in [2.24, 2.45) is 0 Å². The minimum atomic E-state index is 0.608. The molecule has 17 heavy (non-hydrogen) atoms. The molecule has 0 aliphatic rings. The fourth-order valence-corrected chi connectivity index (χ4v) is 2.28. The lowest BCUT2D eigenvalue weighted by molar-refractivity contribution is 0.293. The van der Waals surface area contributed by atoms with E-state index in [0.717, 1.165) is 36.5 Å². The summed E-state index contributed by atoms with van der Waals surface area (Å²) in [4.78, 5) is 10.0. The van der Waals surface area contributed by atoms with Gasteiger partial charge < -0.3 is 4.98 Å². The molecule has 1 N–H and O–H groups in total. The van der Waals surface area contributed by atoms with Crippen LogP contribution in [0.4, 0.5) is 0 Å². The van der Waals surface area contributed by atoms with Crippen molar-refractivity contribution >= 4 is 34.2 Å². The Bertz CT molecular complexity index is 430. The topological polar surface area (TPSA) is 31.9 Å². The molecule has 1 aromatic carbocycles. The van der Waals surface area contributed by atoms with Crippen LogP contribution in [-0.4, -0.2) is 39.7 Å². The summed E-state index contributed by atoms with van der Waals surface area (Å²) < 4.78 is 0. The third-order valence-electron chi connectivity index (χ3n) is 2.61. The van der Waals surface area contributed by atoms with Gasteiger partial charge >= 0.3 is 0 Å². The number of benzene rings is 1. The number of hydrogen-bond acceptors (Lipinski definition) is 2. The van der Waals surface area contributed by atoms with E-state index < -0.39 is 0 Å². The summed E-state index contributed by atoms with van der Waals surface area (Å²) in [5.41, 5.74) is 2.07. The molecule has 1 heterocycles. The van der Waals surface area contributed by atoms with Crippen molar-refractivity contribution in [1.82, 2.24) is 14.9 Å². The van der Waals surface area contributed by atoms with Crippen LogP contribution in [0.3, 0.4) is 0 Å². The van der Waals surface area contributed by atoms with Gasteiger partial charge in [0.05, 0.1) is 17.6 Å². The molecule has 0 bridgehead atoms. The van der Waals surface area contributed by atoms with Crippen molar-refractivity contribution in [3.8, 4) is 0 Å². The molecule has 0 atom stereocenters. The average molecular weight is 272 g/mol. The van der Waals surface area contributed by atoms with Gasteiger partial charge in [0.2, 0.25) is 0 Å². The Labute approximate surface area is 111 Å². The van der Waals surface area contributed by atoms with Crippen molar-refractivity contribution < 1.29 is 0 Å². The predicted molar refractivity (Wildman–Crippen MR) is 72.8 cm³/mol. The molecule has 0 aliphatic carbocycles. The van der Waals surface area contributed by atoms with Crippen molar-refractivity contribution in [3.05, 3.63) is 30.1 Å².